The van der Waals surface area contributed by atoms with Crippen LogP contribution in [-0.4, -0.2) is 29.1 Å². The van der Waals surface area contributed by atoms with Crippen molar-refractivity contribution in [1.29, 1.82) is 5.26 Å². The average Bonchev–Trinajstić information content (AvgIpc) is 2.33. The Morgan fingerprint density at radius 1 is 1.44 bits per heavy atom. The van der Waals surface area contributed by atoms with Gasteiger partial charge in [-0.25, -0.2) is 4.98 Å². The van der Waals surface area contributed by atoms with E-state index in [-0.39, 0.29) is 5.92 Å². The van der Waals surface area contributed by atoms with Gasteiger partial charge in [0.2, 0.25) is 0 Å². The van der Waals surface area contributed by atoms with Crippen molar-refractivity contribution in [3.05, 3.63) is 24.0 Å². The molecule has 0 bridgehead atoms. The van der Waals surface area contributed by atoms with Crippen LogP contribution in [0.1, 0.15) is 26.5 Å². The van der Waals surface area contributed by atoms with Crippen molar-refractivity contribution < 1.29 is 14.6 Å². The molecule has 18 heavy (non-hydrogen) atoms. The number of hydrogen-bond acceptors (Lipinski definition) is 5. The maximum absolute atomic E-state index is 9.41. The molecular formula is C13H18N2O3. The summed E-state index contributed by atoms with van der Waals surface area (Å²) in [7, 11) is 0. The lowest BCUT2D eigenvalue weighted by molar-refractivity contribution is -0.183. The second kappa shape index (κ2) is 6.34. The molecule has 1 heterocycles. The zero-order valence-electron chi connectivity index (χ0n) is 10.9. The van der Waals surface area contributed by atoms with Gasteiger partial charge in [0.25, 0.3) is 0 Å². The molecule has 1 atom stereocenters. The van der Waals surface area contributed by atoms with Crippen molar-refractivity contribution >= 4 is 0 Å². The van der Waals surface area contributed by atoms with E-state index in [0.29, 0.717) is 24.7 Å². The summed E-state index contributed by atoms with van der Waals surface area (Å²) in [5.74, 6) is -0.360. The SMILES string of the molecule is C[C@@H](COc1ccc(C#N)nc1)COC(C)(C)O. The van der Waals surface area contributed by atoms with Gasteiger partial charge in [0.1, 0.15) is 17.5 Å². The molecule has 0 aromatic carbocycles. The molecule has 0 spiro atoms. The minimum atomic E-state index is -1.12. The standard InChI is InChI=1S/C13H18N2O3/c1-10(9-18-13(2,3)16)8-17-12-5-4-11(6-14)15-7-12/h4-5,7,10,16H,8-9H2,1-3H3/t10-/m0/s1. The molecule has 0 amide bonds. The quantitative estimate of drug-likeness (QED) is 0.778. The minimum Gasteiger partial charge on any atom is -0.492 e. The summed E-state index contributed by atoms with van der Waals surface area (Å²) >= 11 is 0. The first-order valence-electron chi connectivity index (χ1n) is 5.76. The average molecular weight is 250 g/mol. The Labute approximate surface area is 107 Å². The van der Waals surface area contributed by atoms with Crippen molar-refractivity contribution in [1.82, 2.24) is 4.98 Å². The highest BCUT2D eigenvalue weighted by Crippen LogP contribution is 2.12. The smallest absolute Gasteiger partial charge is 0.159 e. The summed E-state index contributed by atoms with van der Waals surface area (Å²) in [6, 6.07) is 5.25. The van der Waals surface area contributed by atoms with Gasteiger partial charge < -0.3 is 14.6 Å². The van der Waals surface area contributed by atoms with E-state index in [0.717, 1.165) is 0 Å². The summed E-state index contributed by atoms with van der Waals surface area (Å²) < 4.78 is 10.7. The summed E-state index contributed by atoms with van der Waals surface area (Å²) in [6.45, 7) is 6.01. The fourth-order valence-electron chi connectivity index (χ4n) is 1.16. The molecule has 1 rings (SSSR count). The van der Waals surface area contributed by atoms with Gasteiger partial charge in [0.15, 0.2) is 5.79 Å². The largest absolute Gasteiger partial charge is 0.492 e. The predicted octanol–water partition coefficient (Wildman–Crippen LogP) is 1.71. The highest BCUT2D eigenvalue weighted by Gasteiger charge is 2.14. The molecule has 1 aromatic heterocycles. The van der Waals surface area contributed by atoms with Crippen LogP contribution in [0.3, 0.4) is 0 Å². The number of hydrogen-bond donors (Lipinski definition) is 1. The van der Waals surface area contributed by atoms with Crippen LogP contribution in [0.15, 0.2) is 18.3 Å². The lowest BCUT2D eigenvalue weighted by atomic mass is 10.2. The van der Waals surface area contributed by atoms with Crippen molar-refractivity contribution in [3.63, 3.8) is 0 Å². The topological polar surface area (TPSA) is 75.4 Å². The van der Waals surface area contributed by atoms with E-state index in [2.05, 4.69) is 4.98 Å². The number of nitrogens with zero attached hydrogens (tertiary/aromatic N) is 2. The first-order chi connectivity index (χ1) is 8.40. The highest BCUT2D eigenvalue weighted by molar-refractivity contribution is 5.26. The highest BCUT2D eigenvalue weighted by atomic mass is 16.6. The van der Waals surface area contributed by atoms with E-state index in [4.69, 9.17) is 14.7 Å². The van der Waals surface area contributed by atoms with E-state index < -0.39 is 5.79 Å². The zero-order chi connectivity index (χ0) is 13.6. The van der Waals surface area contributed by atoms with Gasteiger partial charge in [0, 0.05) is 5.92 Å². The van der Waals surface area contributed by atoms with Gasteiger partial charge in [-0.3, -0.25) is 0 Å². The van der Waals surface area contributed by atoms with Crippen LogP contribution in [0, 0.1) is 17.2 Å². The van der Waals surface area contributed by atoms with Crippen molar-refractivity contribution in [3.8, 4) is 11.8 Å². The van der Waals surface area contributed by atoms with Crippen LogP contribution in [0.5, 0.6) is 5.75 Å². The second-order valence-corrected chi connectivity index (χ2v) is 4.66. The van der Waals surface area contributed by atoms with Gasteiger partial charge in [-0.1, -0.05) is 6.92 Å². The maximum Gasteiger partial charge on any atom is 0.159 e. The van der Waals surface area contributed by atoms with Crippen LogP contribution in [-0.2, 0) is 4.74 Å². The monoisotopic (exact) mass is 250 g/mol. The minimum absolute atomic E-state index is 0.145. The van der Waals surface area contributed by atoms with Crippen LogP contribution in [0.2, 0.25) is 0 Å². The van der Waals surface area contributed by atoms with E-state index in [1.165, 1.54) is 6.20 Å². The molecule has 1 N–H and O–H groups in total. The Hall–Kier alpha value is -1.64. The maximum atomic E-state index is 9.41. The lowest BCUT2D eigenvalue weighted by Gasteiger charge is -2.21. The number of aromatic nitrogens is 1. The summed E-state index contributed by atoms with van der Waals surface area (Å²) in [6.07, 6.45) is 1.52. The molecule has 0 aliphatic carbocycles. The van der Waals surface area contributed by atoms with Gasteiger partial charge in [0.05, 0.1) is 19.4 Å². The first kappa shape index (κ1) is 14.4. The van der Waals surface area contributed by atoms with Crippen molar-refractivity contribution in [2.45, 2.75) is 26.6 Å². The molecule has 1 aromatic rings. The lowest BCUT2D eigenvalue weighted by Crippen LogP contribution is -2.27. The van der Waals surface area contributed by atoms with Crippen LogP contribution >= 0.6 is 0 Å². The van der Waals surface area contributed by atoms with Crippen molar-refractivity contribution in [2.24, 2.45) is 5.92 Å². The number of pyridine rings is 1. The summed E-state index contributed by atoms with van der Waals surface area (Å²) in [5, 5.41) is 18.0. The van der Waals surface area contributed by atoms with Gasteiger partial charge >= 0.3 is 0 Å². The molecular weight excluding hydrogens is 232 g/mol. The summed E-state index contributed by atoms with van der Waals surface area (Å²) in [4.78, 5) is 3.90. The van der Waals surface area contributed by atoms with E-state index in [1.54, 1.807) is 26.0 Å². The third-order valence-corrected chi connectivity index (χ3v) is 2.11. The molecule has 98 valence electrons. The van der Waals surface area contributed by atoms with Crippen molar-refractivity contribution in [2.75, 3.05) is 13.2 Å². The predicted molar refractivity (Wildman–Crippen MR) is 65.9 cm³/mol. The second-order valence-electron chi connectivity index (χ2n) is 4.66. The third-order valence-electron chi connectivity index (χ3n) is 2.11. The molecule has 0 saturated heterocycles. The van der Waals surface area contributed by atoms with Crippen LogP contribution in [0.4, 0.5) is 0 Å². The van der Waals surface area contributed by atoms with Gasteiger partial charge in [-0.15, -0.1) is 0 Å². The van der Waals surface area contributed by atoms with E-state index in [1.807, 2.05) is 13.0 Å². The van der Waals surface area contributed by atoms with E-state index >= 15 is 0 Å². The number of nitriles is 1. The van der Waals surface area contributed by atoms with Crippen LogP contribution < -0.4 is 4.74 Å². The number of ether oxygens (including phenoxy) is 2. The van der Waals surface area contributed by atoms with Crippen LogP contribution in [0.25, 0.3) is 0 Å². The molecule has 5 heteroatoms. The molecule has 0 aliphatic heterocycles. The fourth-order valence-corrected chi connectivity index (χ4v) is 1.16. The Morgan fingerprint density at radius 2 is 2.17 bits per heavy atom. The Morgan fingerprint density at radius 3 is 2.67 bits per heavy atom. The van der Waals surface area contributed by atoms with E-state index in [9.17, 15) is 5.11 Å². The third kappa shape index (κ3) is 5.62. The van der Waals surface area contributed by atoms with Gasteiger partial charge in [-0.05, 0) is 26.0 Å². The Bertz CT molecular complexity index is 404. The zero-order valence-corrected chi connectivity index (χ0v) is 10.9. The first-order valence-corrected chi connectivity index (χ1v) is 5.76. The summed E-state index contributed by atoms with van der Waals surface area (Å²) in [5.41, 5.74) is 0.362. The fraction of sp³-hybridized carbons (Fsp3) is 0.538. The molecule has 0 aliphatic rings. The Kier molecular flexibility index (Phi) is 5.08. The molecule has 5 nitrogen and oxygen atoms in total. The molecule has 0 saturated carbocycles. The Balaban J connectivity index is 2.33. The van der Waals surface area contributed by atoms with Gasteiger partial charge in [-0.2, -0.15) is 5.26 Å². The number of aliphatic hydroxyl groups is 1. The molecule has 0 radical (unpaired) electrons. The normalized spacial score (nSPS) is 12.8. The molecule has 0 unspecified atom stereocenters. The number of rotatable bonds is 6. The molecule has 0 fully saturated rings.